The Balaban J connectivity index is 0.000000406. The Morgan fingerprint density at radius 1 is 1.12 bits per heavy atom. The predicted molar refractivity (Wildman–Crippen MR) is 109 cm³/mol. The first-order chi connectivity index (χ1) is 16.0. The highest BCUT2D eigenvalue weighted by Crippen LogP contribution is 2.14. The summed E-state index contributed by atoms with van der Waals surface area (Å²) in [5.41, 5.74) is 1.60. The molecular formula is C19H19F3N6O5S. The summed E-state index contributed by atoms with van der Waals surface area (Å²) >= 11 is 0. The molecule has 1 amide bonds. The van der Waals surface area contributed by atoms with Gasteiger partial charge in [-0.25, -0.2) is 23.4 Å². The third kappa shape index (κ3) is 6.48. The second kappa shape index (κ2) is 10.1. The number of hydrogen-bond acceptors (Lipinski definition) is 8. The molecule has 11 nitrogen and oxygen atoms in total. The van der Waals surface area contributed by atoms with E-state index in [0.717, 1.165) is 16.1 Å². The van der Waals surface area contributed by atoms with Gasteiger partial charge in [-0.15, -0.1) is 0 Å². The zero-order chi connectivity index (χ0) is 24.9. The highest BCUT2D eigenvalue weighted by atomic mass is 32.2. The normalized spacial score (nSPS) is 15.9. The van der Waals surface area contributed by atoms with Gasteiger partial charge in [0.05, 0.1) is 30.1 Å². The fraction of sp³-hybridized carbons (Fsp3) is 0.316. The molecule has 0 radical (unpaired) electrons. The molecule has 0 aromatic carbocycles. The van der Waals surface area contributed by atoms with Crippen LogP contribution in [0.2, 0.25) is 0 Å². The molecule has 1 saturated heterocycles. The van der Waals surface area contributed by atoms with E-state index in [2.05, 4.69) is 20.3 Å². The van der Waals surface area contributed by atoms with Crippen molar-refractivity contribution in [3.05, 3.63) is 54.4 Å². The number of carboxylic acid groups (broad SMARTS) is 1. The molecule has 0 bridgehead atoms. The highest BCUT2D eigenvalue weighted by Gasteiger charge is 2.29. The fourth-order valence-electron chi connectivity index (χ4n) is 3.15. The van der Waals surface area contributed by atoms with Crippen molar-refractivity contribution in [3.63, 3.8) is 0 Å². The number of pyridine rings is 1. The number of nitrogens with one attached hydrogen (secondary N) is 2. The van der Waals surface area contributed by atoms with Crippen LogP contribution in [-0.2, 0) is 21.2 Å². The van der Waals surface area contributed by atoms with E-state index in [1.165, 1.54) is 0 Å². The van der Waals surface area contributed by atoms with E-state index in [1.807, 2.05) is 18.2 Å². The molecule has 0 aliphatic carbocycles. The number of carbonyl (C=O) groups excluding carboxylic acids is 2. The maximum Gasteiger partial charge on any atom is 0.430 e. The number of aromatic nitrogens is 4. The molecule has 34 heavy (non-hydrogen) atoms. The van der Waals surface area contributed by atoms with Crippen molar-refractivity contribution in [2.45, 2.75) is 12.7 Å². The number of hydrogen-bond donors (Lipinski definition) is 2. The topological polar surface area (TPSA) is 151 Å². The van der Waals surface area contributed by atoms with Crippen molar-refractivity contribution in [2.75, 3.05) is 29.9 Å². The molecule has 3 aromatic rings. The number of imidazole rings is 1. The fourth-order valence-corrected chi connectivity index (χ4v) is 4.56. The van der Waals surface area contributed by atoms with Crippen molar-refractivity contribution >= 4 is 33.2 Å². The van der Waals surface area contributed by atoms with Crippen LogP contribution in [0.4, 0.5) is 19.1 Å². The van der Waals surface area contributed by atoms with E-state index in [4.69, 9.17) is 9.90 Å². The maximum atomic E-state index is 12.7. The Labute approximate surface area is 191 Å². The van der Waals surface area contributed by atoms with Crippen LogP contribution in [0.3, 0.4) is 0 Å². The summed E-state index contributed by atoms with van der Waals surface area (Å²) in [6, 6.07) is 7.28. The molecule has 15 heteroatoms. The number of carbonyl (C=O) groups is 2. The molecule has 0 saturated carbocycles. The first-order valence-corrected chi connectivity index (χ1v) is 11.6. The van der Waals surface area contributed by atoms with Gasteiger partial charge in [0.1, 0.15) is 18.2 Å². The molecule has 1 aliphatic heterocycles. The highest BCUT2D eigenvalue weighted by molar-refractivity contribution is 7.91. The summed E-state index contributed by atoms with van der Waals surface area (Å²) in [6.45, 7) is 1.67. The molecule has 1 aliphatic rings. The van der Waals surface area contributed by atoms with E-state index < -0.39 is 27.9 Å². The van der Waals surface area contributed by atoms with Gasteiger partial charge >= 0.3 is 6.18 Å². The summed E-state index contributed by atoms with van der Waals surface area (Å²) in [5.74, 6) is -2.57. The van der Waals surface area contributed by atoms with Crippen LogP contribution in [0, 0.1) is 0 Å². The van der Waals surface area contributed by atoms with Crippen LogP contribution in [0.25, 0.3) is 5.52 Å². The number of amides is 1. The molecule has 4 rings (SSSR count). The Morgan fingerprint density at radius 3 is 2.32 bits per heavy atom. The summed E-state index contributed by atoms with van der Waals surface area (Å²) in [6.07, 6.45) is -0.320. The lowest BCUT2D eigenvalue weighted by Gasteiger charge is -2.22. The third-order valence-electron chi connectivity index (χ3n) is 4.80. The van der Waals surface area contributed by atoms with E-state index in [0.29, 0.717) is 19.6 Å². The van der Waals surface area contributed by atoms with Crippen molar-refractivity contribution in [2.24, 2.45) is 0 Å². The number of anilines is 1. The van der Waals surface area contributed by atoms with Gasteiger partial charge in [0.15, 0.2) is 9.84 Å². The van der Waals surface area contributed by atoms with Crippen LogP contribution >= 0.6 is 0 Å². The zero-order valence-electron chi connectivity index (χ0n) is 17.4. The number of alkyl halides is 3. The first-order valence-electron chi connectivity index (χ1n) is 9.83. The minimum atomic E-state index is -5.19. The van der Waals surface area contributed by atoms with E-state index in [9.17, 15) is 26.4 Å². The quantitative estimate of drug-likeness (QED) is 0.439. The maximum absolute atomic E-state index is 12.7. The Bertz CT molecular complexity index is 1270. The van der Waals surface area contributed by atoms with Crippen molar-refractivity contribution in [1.82, 2.24) is 19.4 Å². The molecule has 1 fully saturated rings. The summed E-state index contributed by atoms with van der Waals surface area (Å²) in [5, 5.41) is 11.4. The van der Waals surface area contributed by atoms with Gasteiger partial charge < -0.3 is 14.8 Å². The van der Waals surface area contributed by atoms with Crippen LogP contribution in [0.15, 0.2) is 42.9 Å². The zero-order valence-corrected chi connectivity index (χ0v) is 18.3. The first kappa shape index (κ1) is 25.0. The number of halogens is 3. The van der Waals surface area contributed by atoms with Crippen LogP contribution in [0.1, 0.15) is 16.3 Å². The van der Waals surface area contributed by atoms with Gasteiger partial charge in [-0.05, 0) is 18.2 Å². The molecule has 2 N–H and O–H groups in total. The number of sulfone groups is 1. The van der Waals surface area contributed by atoms with Gasteiger partial charge in [0.2, 0.25) is 11.8 Å². The van der Waals surface area contributed by atoms with Gasteiger partial charge in [0, 0.05) is 18.6 Å². The lowest BCUT2D eigenvalue weighted by Crippen LogP contribution is -3.13. The number of fused-ring (bicyclic) bond motifs is 1. The average Bonchev–Trinajstić information content (AvgIpc) is 3.14. The molecule has 0 atom stereocenters. The summed E-state index contributed by atoms with van der Waals surface area (Å²) < 4.78 is 56.5. The molecular weight excluding hydrogens is 481 g/mol. The monoisotopic (exact) mass is 500 g/mol. The Kier molecular flexibility index (Phi) is 7.46. The van der Waals surface area contributed by atoms with E-state index in [1.54, 1.807) is 29.1 Å². The largest absolute Gasteiger partial charge is 0.542 e. The standard InChI is InChI=1S/C17H18N6O3S.C2HF3O2/c24-16(21-17-18-5-3-6-19-17)15-20-13(14-4-1-2-7-23(14)15)12-22-8-10-27(25,26)11-9-22;3-2(4,5)1(6)7/h1-7H,8-12H2,(H,18,19,21,24);(H,6,7). The van der Waals surface area contributed by atoms with Gasteiger partial charge in [-0.1, -0.05) is 6.07 Å². The van der Waals surface area contributed by atoms with Crippen molar-refractivity contribution < 1.29 is 41.2 Å². The Hall–Kier alpha value is -3.59. The number of nitrogens with zero attached hydrogens (tertiary/aromatic N) is 4. The number of rotatable bonds is 4. The van der Waals surface area contributed by atoms with Crippen molar-refractivity contribution in [3.8, 4) is 0 Å². The smallest absolute Gasteiger partial charge is 0.430 e. The molecule has 3 aromatic heterocycles. The number of quaternary nitrogens is 1. The lowest BCUT2D eigenvalue weighted by atomic mass is 10.3. The van der Waals surface area contributed by atoms with E-state index in [-0.39, 0.29) is 23.3 Å². The SMILES string of the molecule is O=C(Nc1ncccn1)c1nc(C[NH+]2CCS(=O)(=O)CC2)c2ccccn12.O=C([O-])C(F)(F)F. The van der Waals surface area contributed by atoms with Gasteiger partial charge in [0.25, 0.3) is 5.91 Å². The second-order valence-corrected chi connectivity index (χ2v) is 9.53. The Morgan fingerprint density at radius 2 is 1.74 bits per heavy atom. The van der Waals surface area contributed by atoms with Crippen LogP contribution in [-0.4, -0.2) is 70.4 Å². The average molecular weight is 500 g/mol. The minimum Gasteiger partial charge on any atom is -0.542 e. The second-order valence-electron chi connectivity index (χ2n) is 7.23. The van der Waals surface area contributed by atoms with Crippen molar-refractivity contribution in [1.29, 1.82) is 0 Å². The third-order valence-corrected chi connectivity index (χ3v) is 6.45. The number of carboxylic acids is 1. The molecule has 4 heterocycles. The molecule has 0 spiro atoms. The van der Waals surface area contributed by atoms with Crippen LogP contribution in [0.5, 0.6) is 0 Å². The molecule has 182 valence electrons. The van der Waals surface area contributed by atoms with E-state index >= 15 is 0 Å². The van der Waals surface area contributed by atoms with Gasteiger partial charge in [-0.3, -0.25) is 14.5 Å². The lowest BCUT2D eigenvalue weighted by molar-refractivity contribution is -0.910. The van der Waals surface area contributed by atoms with Crippen LogP contribution < -0.4 is 15.3 Å². The summed E-state index contributed by atoms with van der Waals surface area (Å²) in [4.78, 5) is 35.1. The van der Waals surface area contributed by atoms with Gasteiger partial charge in [-0.2, -0.15) is 13.2 Å². The molecule has 0 unspecified atom stereocenters. The minimum absolute atomic E-state index is 0.187. The summed E-state index contributed by atoms with van der Waals surface area (Å²) in [7, 11) is -2.92. The number of aliphatic carboxylic acids is 1. The predicted octanol–water partition coefficient (Wildman–Crippen LogP) is -1.51.